The Kier molecular flexibility index (Phi) is 5.77. The Morgan fingerprint density at radius 2 is 2.17 bits per heavy atom. The summed E-state index contributed by atoms with van der Waals surface area (Å²) in [7, 11) is 0. The Labute approximate surface area is 71.3 Å². The molecular formula is C7H14N2O3. The highest BCUT2D eigenvalue weighted by atomic mass is 16.5. The van der Waals surface area contributed by atoms with Gasteiger partial charge < -0.3 is 15.8 Å². The van der Waals surface area contributed by atoms with E-state index in [9.17, 15) is 9.59 Å². The standard InChI is InChI=1S/C7H14N2O3/c1-2-12-6(10)4-3-5-9-7(8)11/h2-5H2,1H3,(H3,8,9,11). The summed E-state index contributed by atoms with van der Waals surface area (Å²) in [5.74, 6) is -0.247. The molecule has 0 atom stereocenters. The first kappa shape index (κ1) is 10.7. The van der Waals surface area contributed by atoms with E-state index in [-0.39, 0.29) is 5.97 Å². The smallest absolute Gasteiger partial charge is 0.312 e. The monoisotopic (exact) mass is 174 g/mol. The predicted molar refractivity (Wildman–Crippen MR) is 43.5 cm³/mol. The van der Waals surface area contributed by atoms with Crippen LogP contribution in [0.5, 0.6) is 0 Å². The predicted octanol–water partition coefficient (Wildman–Crippen LogP) is -0.00200. The summed E-state index contributed by atoms with van der Waals surface area (Å²) >= 11 is 0. The average molecular weight is 174 g/mol. The van der Waals surface area contributed by atoms with Crippen LogP contribution >= 0.6 is 0 Å². The van der Waals surface area contributed by atoms with Crippen LogP contribution in [-0.4, -0.2) is 25.2 Å². The molecule has 0 heterocycles. The second-order valence-electron chi connectivity index (χ2n) is 2.20. The van der Waals surface area contributed by atoms with Crippen molar-refractivity contribution in [1.82, 2.24) is 5.32 Å². The molecule has 5 heteroatoms. The molecule has 0 saturated carbocycles. The van der Waals surface area contributed by atoms with Crippen molar-refractivity contribution in [2.45, 2.75) is 19.8 Å². The summed E-state index contributed by atoms with van der Waals surface area (Å²) in [5.41, 5.74) is 4.80. The van der Waals surface area contributed by atoms with Gasteiger partial charge in [-0.3, -0.25) is 4.79 Å². The molecule has 0 aromatic carbocycles. The molecule has 70 valence electrons. The fourth-order valence-electron chi connectivity index (χ4n) is 0.677. The zero-order valence-corrected chi connectivity index (χ0v) is 7.13. The molecule has 0 unspecified atom stereocenters. The van der Waals surface area contributed by atoms with Crippen LogP contribution in [0.25, 0.3) is 0 Å². The molecule has 0 bridgehead atoms. The lowest BCUT2D eigenvalue weighted by molar-refractivity contribution is -0.143. The molecule has 0 saturated heterocycles. The van der Waals surface area contributed by atoms with Gasteiger partial charge in [0.1, 0.15) is 0 Å². The van der Waals surface area contributed by atoms with E-state index < -0.39 is 6.03 Å². The van der Waals surface area contributed by atoms with Crippen LogP contribution in [0, 0.1) is 0 Å². The lowest BCUT2D eigenvalue weighted by Gasteiger charge is -2.01. The van der Waals surface area contributed by atoms with Crippen molar-refractivity contribution in [1.29, 1.82) is 0 Å². The van der Waals surface area contributed by atoms with E-state index in [1.165, 1.54) is 0 Å². The van der Waals surface area contributed by atoms with E-state index in [1.54, 1.807) is 6.92 Å². The molecule has 0 aliphatic carbocycles. The lowest BCUT2D eigenvalue weighted by Crippen LogP contribution is -2.30. The topological polar surface area (TPSA) is 81.4 Å². The van der Waals surface area contributed by atoms with E-state index in [0.717, 1.165) is 0 Å². The lowest BCUT2D eigenvalue weighted by atomic mass is 10.3. The molecule has 3 N–H and O–H groups in total. The van der Waals surface area contributed by atoms with Crippen molar-refractivity contribution >= 4 is 12.0 Å². The number of hydrogen-bond acceptors (Lipinski definition) is 3. The molecule has 0 fully saturated rings. The Morgan fingerprint density at radius 3 is 2.67 bits per heavy atom. The molecule has 0 radical (unpaired) electrons. The summed E-state index contributed by atoms with van der Waals surface area (Å²) in [5, 5.41) is 2.37. The molecule has 0 spiro atoms. The number of amides is 2. The Morgan fingerprint density at radius 1 is 1.50 bits per heavy atom. The zero-order valence-electron chi connectivity index (χ0n) is 7.13. The molecular weight excluding hydrogens is 160 g/mol. The van der Waals surface area contributed by atoms with Crippen molar-refractivity contribution in [3.63, 3.8) is 0 Å². The molecule has 0 rings (SSSR count). The third kappa shape index (κ3) is 6.85. The van der Waals surface area contributed by atoms with Gasteiger partial charge in [-0.2, -0.15) is 0 Å². The van der Waals surface area contributed by atoms with Crippen LogP contribution in [0.1, 0.15) is 19.8 Å². The third-order valence-electron chi connectivity index (χ3n) is 1.16. The number of hydrogen-bond donors (Lipinski definition) is 2. The maximum atomic E-state index is 10.7. The first-order valence-corrected chi connectivity index (χ1v) is 3.85. The largest absolute Gasteiger partial charge is 0.466 e. The minimum absolute atomic E-state index is 0.247. The van der Waals surface area contributed by atoms with Gasteiger partial charge in [0.05, 0.1) is 6.61 Å². The van der Waals surface area contributed by atoms with Crippen LogP contribution in [0.2, 0.25) is 0 Å². The molecule has 2 amide bonds. The van der Waals surface area contributed by atoms with Gasteiger partial charge in [-0.05, 0) is 13.3 Å². The fourth-order valence-corrected chi connectivity index (χ4v) is 0.677. The second-order valence-corrected chi connectivity index (χ2v) is 2.20. The van der Waals surface area contributed by atoms with Crippen LogP contribution < -0.4 is 11.1 Å². The molecule has 0 aromatic rings. The summed E-state index contributed by atoms with van der Waals surface area (Å²) < 4.78 is 4.67. The van der Waals surface area contributed by atoms with Gasteiger partial charge in [-0.25, -0.2) is 4.79 Å². The van der Waals surface area contributed by atoms with Crippen molar-refractivity contribution in [3.05, 3.63) is 0 Å². The molecule has 5 nitrogen and oxygen atoms in total. The van der Waals surface area contributed by atoms with Crippen LogP contribution in [0.15, 0.2) is 0 Å². The van der Waals surface area contributed by atoms with E-state index >= 15 is 0 Å². The number of carbonyl (C=O) groups excluding carboxylic acids is 2. The summed E-state index contributed by atoms with van der Waals surface area (Å²) in [6.07, 6.45) is 0.871. The number of urea groups is 1. The van der Waals surface area contributed by atoms with Gasteiger partial charge in [0.15, 0.2) is 0 Å². The van der Waals surface area contributed by atoms with E-state index in [0.29, 0.717) is 26.0 Å². The zero-order chi connectivity index (χ0) is 9.40. The number of carbonyl (C=O) groups is 2. The minimum atomic E-state index is -0.571. The molecule has 12 heavy (non-hydrogen) atoms. The first-order chi connectivity index (χ1) is 5.66. The second kappa shape index (κ2) is 6.45. The molecule has 0 aromatic heterocycles. The summed E-state index contributed by atoms with van der Waals surface area (Å²) in [6.45, 7) is 2.55. The highest BCUT2D eigenvalue weighted by molar-refractivity contribution is 5.72. The highest BCUT2D eigenvalue weighted by Crippen LogP contribution is 1.90. The van der Waals surface area contributed by atoms with Crippen molar-refractivity contribution in [2.75, 3.05) is 13.2 Å². The number of esters is 1. The van der Waals surface area contributed by atoms with Crippen LogP contribution in [-0.2, 0) is 9.53 Å². The minimum Gasteiger partial charge on any atom is -0.466 e. The summed E-state index contributed by atoms with van der Waals surface area (Å²) in [6, 6.07) is -0.571. The van der Waals surface area contributed by atoms with Crippen molar-refractivity contribution < 1.29 is 14.3 Å². The molecule has 0 aliphatic heterocycles. The van der Waals surface area contributed by atoms with Gasteiger partial charge in [-0.1, -0.05) is 0 Å². The van der Waals surface area contributed by atoms with Gasteiger partial charge in [-0.15, -0.1) is 0 Å². The van der Waals surface area contributed by atoms with E-state index in [2.05, 4.69) is 10.1 Å². The van der Waals surface area contributed by atoms with Crippen molar-refractivity contribution in [3.8, 4) is 0 Å². The first-order valence-electron chi connectivity index (χ1n) is 3.85. The third-order valence-corrected chi connectivity index (χ3v) is 1.16. The Balaban J connectivity index is 3.19. The quantitative estimate of drug-likeness (QED) is 0.454. The number of nitrogens with one attached hydrogen (secondary N) is 1. The highest BCUT2D eigenvalue weighted by Gasteiger charge is 2.00. The maximum absolute atomic E-state index is 10.7. The Bertz CT molecular complexity index is 159. The Hall–Kier alpha value is -1.26. The molecule has 0 aliphatic rings. The van der Waals surface area contributed by atoms with E-state index in [4.69, 9.17) is 5.73 Å². The van der Waals surface area contributed by atoms with E-state index in [1.807, 2.05) is 0 Å². The number of rotatable bonds is 5. The number of nitrogens with two attached hydrogens (primary N) is 1. The van der Waals surface area contributed by atoms with Gasteiger partial charge in [0.2, 0.25) is 0 Å². The maximum Gasteiger partial charge on any atom is 0.312 e. The number of primary amides is 1. The average Bonchev–Trinajstić information content (AvgIpc) is 1.98. The normalized spacial score (nSPS) is 9.08. The van der Waals surface area contributed by atoms with Crippen LogP contribution in [0.3, 0.4) is 0 Å². The number of ether oxygens (including phenoxy) is 1. The SMILES string of the molecule is CCOC(=O)CCCNC(N)=O. The van der Waals surface area contributed by atoms with Crippen molar-refractivity contribution in [2.24, 2.45) is 5.73 Å². The van der Waals surface area contributed by atoms with Gasteiger partial charge >= 0.3 is 12.0 Å². The fraction of sp³-hybridized carbons (Fsp3) is 0.714. The summed E-state index contributed by atoms with van der Waals surface area (Å²) in [4.78, 5) is 20.9. The van der Waals surface area contributed by atoms with Gasteiger partial charge in [0.25, 0.3) is 0 Å². The van der Waals surface area contributed by atoms with Crippen LogP contribution in [0.4, 0.5) is 4.79 Å². The van der Waals surface area contributed by atoms with Gasteiger partial charge in [0, 0.05) is 13.0 Å².